The van der Waals surface area contributed by atoms with Crippen LogP contribution in [0.25, 0.3) is 0 Å². The van der Waals surface area contributed by atoms with Crippen LogP contribution in [0.4, 0.5) is 13.2 Å². The lowest BCUT2D eigenvalue weighted by molar-refractivity contribution is -0.138. The largest absolute Gasteiger partial charge is 0.486 e. The summed E-state index contributed by atoms with van der Waals surface area (Å²) in [4.78, 5) is 10.3. The highest BCUT2D eigenvalue weighted by Crippen LogP contribution is 2.31. The topological polar surface area (TPSA) is 58.6 Å². The number of carbonyl (C=O) groups is 1. The molecule has 0 aliphatic rings. The summed E-state index contributed by atoms with van der Waals surface area (Å²) in [6.45, 7) is 2.90. The molecule has 0 aliphatic carbocycles. The van der Waals surface area contributed by atoms with Crippen molar-refractivity contribution < 1.29 is 27.8 Å². The zero-order valence-electron chi connectivity index (χ0n) is 27.2. The lowest BCUT2D eigenvalue weighted by atomic mass is 10.1. The summed E-state index contributed by atoms with van der Waals surface area (Å²) >= 11 is 0. The molecule has 1 unspecified atom stereocenters. The highest BCUT2D eigenvalue weighted by Gasteiger charge is 2.30. The van der Waals surface area contributed by atoms with E-state index in [9.17, 15) is 18.0 Å². The fourth-order valence-electron chi connectivity index (χ4n) is 3.97. The van der Waals surface area contributed by atoms with Crippen molar-refractivity contribution in [3.63, 3.8) is 0 Å². The number of carboxylic acid groups (broad SMARTS) is 1. The van der Waals surface area contributed by atoms with Gasteiger partial charge in [0.25, 0.3) is 0 Å². The second-order valence-corrected chi connectivity index (χ2v) is 10.3. The Labute approximate surface area is 273 Å². The van der Waals surface area contributed by atoms with E-state index >= 15 is 0 Å². The van der Waals surface area contributed by atoms with Crippen molar-refractivity contribution in [2.45, 2.75) is 77.0 Å². The van der Waals surface area contributed by atoms with Crippen LogP contribution in [-0.2, 0) is 11.0 Å². The van der Waals surface area contributed by atoms with Gasteiger partial charge in [-0.1, -0.05) is 110 Å². The van der Waals surface area contributed by atoms with E-state index in [0.29, 0.717) is 12.2 Å². The first kappa shape index (κ1) is 39.9. The van der Waals surface area contributed by atoms with Gasteiger partial charge in [0.05, 0.1) is 5.56 Å². The Bertz CT molecular complexity index is 1230. The standard InChI is InChI=1S/C22H32O2.C17H18F3NO/c1-2-3-4-5-6-7-8-9-10-11-12-13-14-15-16-17-18-19-20-21-22(23)24;1-21-12-11-16(13-5-3-2-4-6-13)22-15-9-7-14(8-10-15)17(18,19)20/h3-4,6-7,9-10,12-13,15-16,18-19H,2,5,8,11,14,17,20-21H2,1H3,(H,23,24);2-10,16,21H,11-12H2,1H3/b4-3-,7-6-,10-9-,13-12-,16-15-,19-18-;. The third-order valence-electron chi connectivity index (χ3n) is 6.41. The van der Waals surface area contributed by atoms with Crippen LogP contribution in [0, 0.1) is 0 Å². The molecule has 0 saturated carbocycles. The monoisotopic (exact) mass is 637 g/mol. The molecular weight excluding hydrogens is 587 g/mol. The highest BCUT2D eigenvalue weighted by atomic mass is 19.4. The van der Waals surface area contributed by atoms with Crippen LogP contribution < -0.4 is 10.1 Å². The number of allylic oxidation sites excluding steroid dienone is 12. The Morgan fingerprint density at radius 2 is 1.24 bits per heavy atom. The summed E-state index contributed by atoms with van der Waals surface area (Å²) in [6, 6.07) is 14.4. The summed E-state index contributed by atoms with van der Waals surface area (Å²) in [5.74, 6) is -0.313. The minimum atomic E-state index is -4.33. The third-order valence-corrected chi connectivity index (χ3v) is 6.41. The quantitative estimate of drug-likeness (QED) is 0.142. The lowest BCUT2D eigenvalue weighted by Gasteiger charge is -2.20. The zero-order valence-corrected chi connectivity index (χ0v) is 27.2. The van der Waals surface area contributed by atoms with E-state index in [1.54, 1.807) is 0 Å². The van der Waals surface area contributed by atoms with E-state index in [0.717, 1.165) is 69.2 Å². The minimum Gasteiger partial charge on any atom is -0.486 e. The molecular formula is C39H50F3NO3. The van der Waals surface area contributed by atoms with Crippen molar-refractivity contribution in [3.8, 4) is 5.75 Å². The fourth-order valence-corrected chi connectivity index (χ4v) is 3.97. The van der Waals surface area contributed by atoms with Crippen molar-refractivity contribution in [2.75, 3.05) is 13.6 Å². The number of rotatable bonds is 20. The third kappa shape index (κ3) is 21.6. The molecule has 0 saturated heterocycles. The molecule has 1 atom stereocenters. The molecule has 0 heterocycles. The van der Waals surface area contributed by atoms with E-state index in [2.05, 4.69) is 73.0 Å². The first-order valence-electron chi connectivity index (χ1n) is 15.9. The van der Waals surface area contributed by atoms with E-state index in [1.165, 1.54) is 12.1 Å². The van der Waals surface area contributed by atoms with Crippen LogP contribution in [0.1, 0.15) is 81.9 Å². The summed E-state index contributed by atoms with van der Waals surface area (Å²) in [5.41, 5.74) is 0.323. The molecule has 2 N–H and O–H groups in total. The Balaban J connectivity index is 0.000000461. The number of halogens is 3. The molecule has 0 aliphatic heterocycles. The van der Waals surface area contributed by atoms with E-state index < -0.39 is 17.7 Å². The molecule has 46 heavy (non-hydrogen) atoms. The molecule has 0 bridgehead atoms. The summed E-state index contributed by atoms with van der Waals surface area (Å²) in [6.07, 6.45) is 28.6. The van der Waals surface area contributed by atoms with Crippen LogP contribution >= 0.6 is 0 Å². The van der Waals surface area contributed by atoms with Crippen LogP contribution in [-0.4, -0.2) is 24.7 Å². The average molecular weight is 638 g/mol. The van der Waals surface area contributed by atoms with Crippen molar-refractivity contribution in [1.29, 1.82) is 0 Å². The maximum absolute atomic E-state index is 12.6. The van der Waals surface area contributed by atoms with Crippen LogP contribution in [0.5, 0.6) is 5.75 Å². The van der Waals surface area contributed by atoms with E-state index in [4.69, 9.17) is 9.84 Å². The molecule has 2 aromatic carbocycles. The van der Waals surface area contributed by atoms with Gasteiger partial charge in [-0.2, -0.15) is 13.2 Å². The highest BCUT2D eigenvalue weighted by molar-refractivity contribution is 5.66. The normalized spacial score (nSPS) is 13.0. The molecule has 4 nitrogen and oxygen atoms in total. The van der Waals surface area contributed by atoms with Gasteiger partial charge in [0.15, 0.2) is 0 Å². The van der Waals surface area contributed by atoms with E-state index in [1.807, 2.05) is 49.5 Å². The predicted octanol–water partition coefficient (Wildman–Crippen LogP) is 11.0. The zero-order chi connectivity index (χ0) is 33.7. The molecule has 0 spiro atoms. The Morgan fingerprint density at radius 3 is 1.67 bits per heavy atom. The van der Waals surface area contributed by atoms with Crippen LogP contribution in [0.3, 0.4) is 0 Å². The summed E-state index contributed by atoms with van der Waals surface area (Å²) < 4.78 is 43.6. The van der Waals surface area contributed by atoms with E-state index in [-0.39, 0.29) is 12.5 Å². The summed E-state index contributed by atoms with van der Waals surface area (Å²) in [5, 5.41) is 11.5. The number of aliphatic carboxylic acids is 1. The number of nitrogens with one attached hydrogen (secondary N) is 1. The molecule has 7 heteroatoms. The molecule has 250 valence electrons. The number of benzene rings is 2. The first-order chi connectivity index (χ1) is 22.3. The molecule has 2 rings (SSSR count). The maximum Gasteiger partial charge on any atom is 0.416 e. The number of carboxylic acids is 1. The van der Waals surface area contributed by atoms with Crippen molar-refractivity contribution in [1.82, 2.24) is 5.32 Å². The predicted molar refractivity (Wildman–Crippen MR) is 185 cm³/mol. The van der Waals surface area contributed by atoms with Gasteiger partial charge in [-0.3, -0.25) is 4.79 Å². The van der Waals surface area contributed by atoms with Gasteiger partial charge in [-0.05, 0) is 88.4 Å². The molecule has 0 aromatic heterocycles. The Morgan fingerprint density at radius 1 is 0.761 bits per heavy atom. The fraction of sp³-hybridized carbons (Fsp3) is 0.359. The molecule has 2 aromatic rings. The Kier molecular flexibility index (Phi) is 22.7. The van der Waals surface area contributed by atoms with Gasteiger partial charge in [0, 0.05) is 12.8 Å². The first-order valence-corrected chi connectivity index (χ1v) is 15.9. The number of hydrogen-bond donors (Lipinski definition) is 2. The lowest BCUT2D eigenvalue weighted by Crippen LogP contribution is -2.16. The molecule has 0 fully saturated rings. The van der Waals surface area contributed by atoms with Crippen molar-refractivity contribution in [3.05, 3.63) is 139 Å². The van der Waals surface area contributed by atoms with Gasteiger partial charge < -0.3 is 15.2 Å². The number of hydrogen-bond acceptors (Lipinski definition) is 3. The smallest absolute Gasteiger partial charge is 0.416 e. The van der Waals surface area contributed by atoms with Crippen molar-refractivity contribution in [2.24, 2.45) is 0 Å². The van der Waals surface area contributed by atoms with Gasteiger partial charge >= 0.3 is 12.1 Å². The second-order valence-electron chi connectivity index (χ2n) is 10.3. The molecule has 0 amide bonds. The average Bonchev–Trinajstić information content (AvgIpc) is 3.04. The summed E-state index contributed by atoms with van der Waals surface area (Å²) in [7, 11) is 1.85. The second kappa shape index (κ2) is 26.1. The minimum absolute atomic E-state index is 0.203. The van der Waals surface area contributed by atoms with Crippen LogP contribution in [0.2, 0.25) is 0 Å². The van der Waals surface area contributed by atoms with Gasteiger partial charge in [-0.25, -0.2) is 0 Å². The van der Waals surface area contributed by atoms with Crippen molar-refractivity contribution >= 4 is 5.97 Å². The van der Waals surface area contributed by atoms with Gasteiger partial charge in [-0.15, -0.1) is 0 Å². The maximum atomic E-state index is 12.6. The SMILES string of the molecule is CC/C=C\C/C=C\C/C=C\C/C=C\C/C=C\C/C=C\CCC(=O)O.CNCCC(Oc1ccc(C(F)(F)F)cc1)c1ccccc1. The van der Waals surface area contributed by atoms with Crippen LogP contribution in [0.15, 0.2) is 128 Å². The van der Waals surface area contributed by atoms with Gasteiger partial charge in [0.1, 0.15) is 11.9 Å². The van der Waals surface area contributed by atoms with Gasteiger partial charge in [0.2, 0.25) is 0 Å². The Hall–Kier alpha value is -4.10. The molecule has 0 radical (unpaired) electrons. The number of ether oxygens (including phenoxy) is 1. The number of alkyl halides is 3.